The zero-order valence-electron chi connectivity index (χ0n) is 10.3. The molecule has 1 amide bonds. The van der Waals surface area contributed by atoms with Gasteiger partial charge in [0.2, 0.25) is 5.91 Å². The number of carbonyl (C=O) groups is 1. The number of amides is 1. The fraction of sp³-hybridized carbons (Fsp3) is 0.500. The summed E-state index contributed by atoms with van der Waals surface area (Å²) in [4.78, 5) is 12.8. The molecule has 0 spiro atoms. The largest absolute Gasteiger partial charge is 0.396 e. The summed E-state index contributed by atoms with van der Waals surface area (Å²) in [5.74, 6) is 0.265. The molecule has 0 heterocycles. The van der Waals surface area contributed by atoms with E-state index in [2.05, 4.69) is 17.9 Å². The van der Waals surface area contributed by atoms with Gasteiger partial charge in [0.15, 0.2) is 0 Å². The van der Waals surface area contributed by atoms with Crippen LogP contribution in [0.2, 0.25) is 0 Å². The number of thiol groups is 1. The Morgan fingerprint density at radius 1 is 1.33 bits per heavy atom. The minimum atomic E-state index is 0.0345. The first-order chi connectivity index (χ1) is 8.69. The quantitative estimate of drug-likeness (QED) is 0.727. The van der Waals surface area contributed by atoms with E-state index in [0.717, 1.165) is 29.7 Å². The van der Waals surface area contributed by atoms with Gasteiger partial charge in [0, 0.05) is 23.5 Å². The molecule has 1 saturated carbocycles. The van der Waals surface area contributed by atoms with Crippen LogP contribution in [0.25, 0.3) is 0 Å². The molecule has 1 aliphatic rings. The molecule has 1 aromatic rings. The number of nitrogens with one attached hydrogen (secondary N) is 1. The maximum Gasteiger partial charge on any atom is 0.224 e. The minimum absolute atomic E-state index is 0.0345. The Kier molecular flexibility index (Phi) is 4.66. The molecular weight excluding hydrogens is 246 g/mol. The lowest BCUT2D eigenvalue weighted by Crippen LogP contribution is -2.39. The first-order valence-corrected chi connectivity index (χ1v) is 6.82. The van der Waals surface area contributed by atoms with Gasteiger partial charge < -0.3 is 10.4 Å². The van der Waals surface area contributed by atoms with Gasteiger partial charge in [-0.15, -0.1) is 12.6 Å². The fourth-order valence-corrected chi connectivity index (χ4v) is 2.65. The smallest absolute Gasteiger partial charge is 0.224 e. The predicted molar refractivity (Wildman–Crippen MR) is 73.8 cm³/mol. The Balaban J connectivity index is 1.86. The van der Waals surface area contributed by atoms with Crippen LogP contribution in [0, 0.1) is 5.92 Å². The van der Waals surface area contributed by atoms with Crippen molar-refractivity contribution in [1.29, 1.82) is 0 Å². The maximum absolute atomic E-state index is 11.9. The average Bonchev–Trinajstić information content (AvgIpc) is 2.79. The molecular formula is C14H19NO2S. The molecule has 2 rings (SSSR count). The second kappa shape index (κ2) is 6.25. The number of hydrogen-bond donors (Lipinski definition) is 3. The highest BCUT2D eigenvalue weighted by molar-refractivity contribution is 7.80. The Hall–Kier alpha value is -1.00. The van der Waals surface area contributed by atoms with E-state index in [9.17, 15) is 9.90 Å². The lowest BCUT2D eigenvalue weighted by atomic mass is 10.0. The summed E-state index contributed by atoms with van der Waals surface area (Å²) in [6.07, 6.45) is 3.47. The summed E-state index contributed by atoms with van der Waals surface area (Å²) in [6, 6.07) is 7.75. The summed E-state index contributed by atoms with van der Waals surface area (Å²) < 4.78 is 0. The first-order valence-electron chi connectivity index (χ1n) is 6.37. The third kappa shape index (κ3) is 3.50. The predicted octanol–water partition coefficient (Wildman–Crippen LogP) is 1.79. The van der Waals surface area contributed by atoms with Crippen LogP contribution in [0.4, 0.5) is 0 Å². The van der Waals surface area contributed by atoms with E-state index in [1.807, 2.05) is 24.3 Å². The van der Waals surface area contributed by atoms with E-state index in [1.54, 1.807) is 0 Å². The van der Waals surface area contributed by atoms with Crippen LogP contribution in [0.3, 0.4) is 0 Å². The third-order valence-corrected chi connectivity index (χ3v) is 3.84. The van der Waals surface area contributed by atoms with Crippen molar-refractivity contribution >= 4 is 18.5 Å². The number of benzene rings is 1. The van der Waals surface area contributed by atoms with E-state index < -0.39 is 0 Å². The molecule has 1 aliphatic carbocycles. The molecule has 0 radical (unpaired) electrons. The lowest BCUT2D eigenvalue weighted by Gasteiger charge is -2.19. The van der Waals surface area contributed by atoms with Crippen molar-refractivity contribution < 1.29 is 9.90 Å². The second-order valence-electron chi connectivity index (χ2n) is 4.89. The molecule has 2 unspecified atom stereocenters. The van der Waals surface area contributed by atoms with Gasteiger partial charge in [-0.2, -0.15) is 0 Å². The van der Waals surface area contributed by atoms with Crippen molar-refractivity contribution in [3.63, 3.8) is 0 Å². The number of rotatable bonds is 4. The van der Waals surface area contributed by atoms with Gasteiger partial charge in [-0.3, -0.25) is 4.79 Å². The van der Waals surface area contributed by atoms with Gasteiger partial charge in [-0.25, -0.2) is 0 Å². The third-order valence-electron chi connectivity index (χ3n) is 3.54. The van der Waals surface area contributed by atoms with Crippen LogP contribution in [0.15, 0.2) is 29.2 Å². The van der Waals surface area contributed by atoms with E-state index >= 15 is 0 Å². The maximum atomic E-state index is 11.9. The Bertz CT molecular complexity index is 405. The molecule has 2 N–H and O–H groups in total. The Morgan fingerprint density at radius 2 is 2.06 bits per heavy atom. The Labute approximate surface area is 113 Å². The van der Waals surface area contributed by atoms with Crippen molar-refractivity contribution in [3.8, 4) is 0 Å². The van der Waals surface area contributed by atoms with Crippen LogP contribution in [-0.4, -0.2) is 23.7 Å². The van der Waals surface area contributed by atoms with Crippen molar-refractivity contribution in [2.75, 3.05) is 6.61 Å². The van der Waals surface area contributed by atoms with Crippen LogP contribution in [0.1, 0.15) is 24.8 Å². The van der Waals surface area contributed by atoms with Gasteiger partial charge in [0.1, 0.15) is 0 Å². The SMILES string of the molecule is O=C(Cc1ccc(S)cc1)NC1CCCC1CO. The average molecular weight is 265 g/mol. The highest BCUT2D eigenvalue weighted by Crippen LogP contribution is 2.25. The number of carbonyl (C=O) groups excluding carboxylic acids is 1. The van der Waals surface area contributed by atoms with Crippen molar-refractivity contribution in [2.45, 2.75) is 36.6 Å². The molecule has 1 aromatic carbocycles. The van der Waals surface area contributed by atoms with E-state index in [4.69, 9.17) is 0 Å². The summed E-state index contributed by atoms with van der Waals surface area (Å²) in [7, 11) is 0. The van der Waals surface area contributed by atoms with E-state index in [-0.39, 0.29) is 24.5 Å². The van der Waals surface area contributed by atoms with Gasteiger partial charge in [0.25, 0.3) is 0 Å². The van der Waals surface area contributed by atoms with Gasteiger partial charge >= 0.3 is 0 Å². The van der Waals surface area contributed by atoms with Crippen molar-refractivity contribution in [3.05, 3.63) is 29.8 Å². The Morgan fingerprint density at radius 3 is 2.72 bits per heavy atom. The lowest BCUT2D eigenvalue weighted by molar-refractivity contribution is -0.121. The highest BCUT2D eigenvalue weighted by atomic mass is 32.1. The number of hydrogen-bond acceptors (Lipinski definition) is 3. The topological polar surface area (TPSA) is 49.3 Å². The summed E-state index contributed by atoms with van der Waals surface area (Å²) in [5, 5.41) is 12.2. The monoisotopic (exact) mass is 265 g/mol. The molecule has 4 heteroatoms. The summed E-state index contributed by atoms with van der Waals surface area (Å²) in [6.45, 7) is 0.166. The van der Waals surface area contributed by atoms with Crippen LogP contribution >= 0.6 is 12.6 Å². The molecule has 2 atom stereocenters. The zero-order chi connectivity index (χ0) is 13.0. The van der Waals surface area contributed by atoms with Crippen LogP contribution in [-0.2, 0) is 11.2 Å². The van der Waals surface area contributed by atoms with Gasteiger partial charge in [0.05, 0.1) is 6.42 Å². The number of aliphatic hydroxyl groups excluding tert-OH is 1. The van der Waals surface area contributed by atoms with E-state index in [1.165, 1.54) is 0 Å². The molecule has 0 bridgehead atoms. The van der Waals surface area contributed by atoms with Crippen LogP contribution in [0.5, 0.6) is 0 Å². The molecule has 98 valence electrons. The first kappa shape index (κ1) is 13.4. The minimum Gasteiger partial charge on any atom is -0.396 e. The molecule has 0 aliphatic heterocycles. The normalized spacial score (nSPS) is 23.0. The second-order valence-corrected chi connectivity index (χ2v) is 5.41. The van der Waals surface area contributed by atoms with Gasteiger partial charge in [-0.1, -0.05) is 18.6 Å². The fourth-order valence-electron chi connectivity index (χ4n) is 2.50. The van der Waals surface area contributed by atoms with Crippen molar-refractivity contribution in [2.24, 2.45) is 5.92 Å². The van der Waals surface area contributed by atoms with E-state index in [0.29, 0.717) is 6.42 Å². The molecule has 1 fully saturated rings. The standard InChI is InChI=1S/C14H19NO2S/c16-9-11-2-1-3-13(11)15-14(17)8-10-4-6-12(18)7-5-10/h4-7,11,13,16,18H,1-3,8-9H2,(H,15,17). The zero-order valence-corrected chi connectivity index (χ0v) is 11.2. The molecule has 0 aromatic heterocycles. The van der Waals surface area contributed by atoms with Gasteiger partial charge in [-0.05, 0) is 30.5 Å². The highest BCUT2D eigenvalue weighted by Gasteiger charge is 2.27. The van der Waals surface area contributed by atoms with Crippen molar-refractivity contribution in [1.82, 2.24) is 5.32 Å². The molecule has 0 saturated heterocycles. The summed E-state index contributed by atoms with van der Waals surface area (Å²) in [5.41, 5.74) is 0.990. The number of aliphatic hydroxyl groups is 1. The molecule has 18 heavy (non-hydrogen) atoms. The van der Waals surface area contributed by atoms with Crippen LogP contribution < -0.4 is 5.32 Å². The summed E-state index contributed by atoms with van der Waals surface area (Å²) >= 11 is 4.21. The molecule has 3 nitrogen and oxygen atoms in total.